The van der Waals surface area contributed by atoms with Gasteiger partial charge < -0.3 is 95.7 Å². The zero-order chi connectivity index (χ0) is 81.4. The average Bonchev–Trinajstić information content (AvgIpc) is 1.62. The van der Waals surface area contributed by atoms with Gasteiger partial charge in [0.25, 0.3) is 0 Å². The van der Waals surface area contributed by atoms with Crippen LogP contribution in [0.5, 0.6) is 5.75 Å². The van der Waals surface area contributed by atoms with Crippen molar-refractivity contribution in [2.75, 3.05) is 25.4 Å². The van der Waals surface area contributed by atoms with E-state index in [4.69, 9.17) is 11.5 Å². The second-order valence-corrected chi connectivity index (χ2v) is 30.0. The zero-order valence-corrected chi connectivity index (χ0v) is 65.5. The van der Waals surface area contributed by atoms with Crippen LogP contribution in [0.15, 0.2) is 54.6 Å². The molecule has 33 nitrogen and oxygen atoms in total. The van der Waals surface area contributed by atoms with Crippen LogP contribution in [0.4, 0.5) is 0 Å². The minimum Gasteiger partial charge on any atom is -0.508 e. The molecule has 1 fully saturated rings. The molecule has 0 bridgehead atoms. The first-order valence-electron chi connectivity index (χ1n) is 37.0. The van der Waals surface area contributed by atoms with Crippen LogP contribution >= 0.6 is 12.6 Å². The molecule has 602 valence electrons. The summed E-state index contributed by atoms with van der Waals surface area (Å²) < 4.78 is 0. The van der Waals surface area contributed by atoms with E-state index >= 15 is 0 Å². The van der Waals surface area contributed by atoms with Crippen LogP contribution in [-0.4, -0.2) is 214 Å². The van der Waals surface area contributed by atoms with E-state index in [2.05, 4.69) is 81.7 Å². The second kappa shape index (κ2) is 46.0. The Hall–Kier alpha value is -9.44. The molecule has 1 heterocycles. The van der Waals surface area contributed by atoms with Crippen LogP contribution in [0, 0.1) is 29.6 Å². The highest BCUT2D eigenvalue weighted by molar-refractivity contribution is 7.80. The third-order valence-electron chi connectivity index (χ3n) is 17.8. The lowest BCUT2D eigenvalue weighted by molar-refractivity contribution is -0.150. The molecule has 0 radical (unpaired) electrons. The molecule has 1 aliphatic rings. The molecule has 0 aliphatic carbocycles. The molecule has 0 saturated carbocycles. The van der Waals surface area contributed by atoms with Crippen molar-refractivity contribution in [3.63, 3.8) is 0 Å². The number of phenols is 1. The summed E-state index contributed by atoms with van der Waals surface area (Å²) in [7, 11) is 0. The Morgan fingerprint density at radius 2 is 0.852 bits per heavy atom. The predicted molar refractivity (Wildman–Crippen MR) is 406 cm³/mol. The summed E-state index contributed by atoms with van der Waals surface area (Å²) in [5.74, 6) is -13.7. The van der Waals surface area contributed by atoms with E-state index in [0.717, 1.165) is 0 Å². The van der Waals surface area contributed by atoms with E-state index in [1.165, 1.54) is 56.9 Å². The minimum atomic E-state index is -1.47. The fourth-order valence-corrected chi connectivity index (χ4v) is 11.9. The van der Waals surface area contributed by atoms with Crippen LogP contribution in [0.3, 0.4) is 0 Å². The molecule has 1 saturated heterocycles. The van der Waals surface area contributed by atoms with Crippen molar-refractivity contribution in [1.82, 2.24) is 74.0 Å². The van der Waals surface area contributed by atoms with Crippen molar-refractivity contribution in [1.29, 1.82) is 0 Å². The molecular formula is C74H118N16O17S. The fourth-order valence-electron chi connectivity index (χ4n) is 11.6. The van der Waals surface area contributed by atoms with Crippen LogP contribution in [0.25, 0.3) is 0 Å². The van der Waals surface area contributed by atoms with Gasteiger partial charge in [0.1, 0.15) is 84.3 Å². The number of nitrogens with one attached hydrogen (secondary N) is 13. The molecular weight excluding hydrogens is 1420 g/mol. The highest BCUT2D eigenvalue weighted by atomic mass is 32.1. The number of carboxylic acid groups (broad SMARTS) is 1. The van der Waals surface area contributed by atoms with Gasteiger partial charge in [-0.3, -0.25) is 67.1 Å². The van der Waals surface area contributed by atoms with Crippen molar-refractivity contribution in [2.45, 2.75) is 246 Å². The van der Waals surface area contributed by atoms with Gasteiger partial charge >= 0.3 is 5.97 Å². The van der Waals surface area contributed by atoms with Gasteiger partial charge in [-0.1, -0.05) is 112 Å². The number of amides is 14. The summed E-state index contributed by atoms with van der Waals surface area (Å²) in [5, 5.41) is 53.9. The van der Waals surface area contributed by atoms with E-state index in [-0.39, 0.29) is 87.3 Å². The zero-order valence-electron chi connectivity index (χ0n) is 64.6. The number of likely N-dealkylation sites (tertiary alicyclic amines) is 1. The summed E-state index contributed by atoms with van der Waals surface area (Å²) in [6.45, 7) is 22.8. The number of nitrogens with two attached hydrogens (primary N) is 2. The Morgan fingerprint density at radius 1 is 0.454 bits per heavy atom. The third-order valence-corrected chi connectivity index (χ3v) is 18.1. The first-order valence-corrected chi connectivity index (χ1v) is 37.6. The summed E-state index contributed by atoms with van der Waals surface area (Å²) in [6, 6.07) is -2.92. The van der Waals surface area contributed by atoms with E-state index in [1.54, 1.807) is 71.9 Å². The maximum absolute atomic E-state index is 14.7. The van der Waals surface area contributed by atoms with Crippen molar-refractivity contribution in [3.05, 3.63) is 65.7 Å². The Morgan fingerprint density at radius 3 is 1.32 bits per heavy atom. The number of unbranched alkanes of at least 4 members (excludes halogenated alkanes) is 1. The fraction of sp³-hybridized carbons (Fsp3) is 0.635. The number of thiol groups is 1. The van der Waals surface area contributed by atoms with Gasteiger partial charge in [0.05, 0.1) is 12.6 Å². The highest BCUT2D eigenvalue weighted by Gasteiger charge is 2.41. The molecule has 3 rings (SSSR count). The van der Waals surface area contributed by atoms with Crippen molar-refractivity contribution < 1.29 is 82.1 Å². The van der Waals surface area contributed by atoms with Gasteiger partial charge in [0.2, 0.25) is 82.7 Å². The molecule has 2 aromatic carbocycles. The molecule has 14 amide bonds. The summed E-state index contributed by atoms with van der Waals surface area (Å²) in [4.78, 5) is 207. The number of rotatable bonds is 45. The number of hydrogen-bond donors (Lipinski definition) is 18. The topological polar surface area (TPSA) is 508 Å². The lowest BCUT2D eigenvalue weighted by Gasteiger charge is -2.32. The van der Waals surface area contributed by atoms with Gasteiger partial charge in [0, 0.05) is 25.1 Å². The molecule has 108 heavy (non-hydrogen) atoms. The molecule has 0 aromatic heterocycles. The quantitative estimate of drug-likeness (QED) is 0.0282. The second-order valence-electron chi connectivity index (χ2n) is 29.6. The minimum absolute atomic E-state index is 0.0134. The maximum atomic E-state index is 14.7. The standard InChI is InChI=1S/C74H118N16O17S/c1-38(2)31-51(81-58(92)36-77-62(94)44(12)78-71(103)56(37-108)87-64(96)46(14)80-67(99)52(32-39(3)4)85-68(100)53(33-40(5)6)83-61(93)43(11)76)66(98)79-45(13)63(95)84-54(35-48-25-27-49(91)28-26-48)69(101)82-50(23-18-19-29-75)65(97)86-55(34-47-21-16-15-17-22-47)70(102)88-59(41(7)8)72(104)89-60(42(9)10)73(105)90-30-20-24-57(90)74(106)107/h15-17,21-22,25-28,38-46,50-57,59-60,91,108H,18-20,23-24,29-37,75-76H2,1-14H3,(H,77,94)(H,78,103)(H,79,98)(H,80,99)(H,81,92)(H,82,101)(H,83,93)(H,84,95)(H,85,100)(H,86,97)(H,87,96)(H,88,102)(H,89,104)(H,106,107)/t43-,44-,45-,46-,50-,51-,52-,53-,54-,55-,56-,57-,59-,60-/m0/s1. The van der Waals surface area contributed by atoms with E-state index in [1.807, 2.05) is 27.7 Å². The number of benzene rings is 2. The van der Waals surface area contributed by atoms with Gasteiger partial charge in [0.15, 0.2) is 0 Å². The summed E-state index contributed by atoms with van der Waals surface area (Å²) in [6.07, 6.45) is 1.54. The van der Waals surface area contributed by atoms with Gasteiger partial charge in [-0.15, -0.1) is 0 Å². The van der Waals surface area contributed by atoms with Crippen LogP contribution in [-0.2, 0) is 84.8 Å². The number of aromatic hydroxyl groups is 1. The maximum Gasteiger partial charge on any atom is 0.326 e. The summed E-state index contributed by atoms with van der Waals surface area (Å²) in [5.41, 5.74) is 12.6. The number of carbonyl (C=O) groups is 15. The Balaban J connectivity index is 1.76. The largest absolute Gasteiger partial charge is 0.508 e. The Labute approximate surface area is 638 Å². The van der Waals surface area contributed by atoms with Crippen LogP contribution < -0.4 is 80.6 Å². The highest BCUT2D eigenvalue weighted by Crippen LogP contribution is 2.22. The third kappa shape index (κ3) is 31.8. The number of carbonyl (C=O) groups excluding carboxylic acids is 14. The van der Waals surface area contributed by atoms with Crippen LogP contribution in [0.1, 0.15) is 159 Å². The number of phenolic OH excluding ortho intramolecular Hbond substituents is 1. The number of nitrogens with zero attached hydrogens (tertiary/aromatic N) is 1. The average molecular weight is 1540 g/mol. The first-order chi connectivity index (χ1) is 50.7. The molecule has 19 N–H and O–H groups in total. The molecule has 34 heteroatoms. The van der Waals surface area contributed by atoms with Crippen molar-refractivity contribution >= 4 is 101 Å². The molecule has 0 spiro atoms. The van der Waals surface area contributed by atoms with Gasteiger partial charge in [-0.25, -0.2) is 4.79 Å². The van der Waals surface area contributed by atoms with Gasteiger partial charge in [-0.2, -0.15) is 12.6 Å². The lowest BCUT2D eigenvalue weighted by atomic mass is 9.98. The van der Waals surface area contributed by atoms with Crippen molar-refractivity contribution in [2.24, 2.45) is 41.1 Å². The predicted octanol–water partition coefficient (Wildman–Crippen LogP) is -0.897. The molecule has 2 aromatic rings. The van der Waals surface area contributed by atoms with E-state index in [0.29, 0.717) is 30.4 Å². The van der Waals surface area contributed by atoms with E-state index in [9.17, 15) is 82.1 Å². The normalized spacial score (nSPS) is 16.4. The van der Waals surface area contributed by atoms with Crippen LogP contribution in [0.2, 0.25) is 0 Å². The Kier molecular flexibility index (Phi) is 39.5. The molecule has 0 unspecified atom stereocenters. The molecule has 1 aliphatic heterocycles. The summed E-state index contributed by atoms with van der Waals surface area (Å²) >= 11 is 4.21. The smallest absolute Gasteiger partial charge is 0.326 e. The van der Waals surface area contributed by atoms with Gasteiger partial charge in [-0.05, 0) is 138 Å². The van der Waals surface area contributed by atoms with E-state index < -0.39 is 192 Å². The molecule has 14 atom stereocenters. The number of hydrogen-bond acceptors (Lipinski definition) is 19. The van der Waals surface area contributed by atoms with Crippen molar-refractivity contribution in [3.8, 4) is 5.75 Å². The number of aliphatic carboxylic acids is 1. The monoisotopic (exact) mass is 1530 g/mol. The number of carboxylic acids is 1. The Bertz CT molecular complexity index is 3380. The lowest BCUT2D eigenvalue weighted by Crippen LogP contribution is -2.61. The SMILES string of the molecule is CC(C)C[C@H](NC(=O)CNC(=O)[C@H](C)NC(=O)[C@H](CS)NC(=O)[C@H](C)NC(=O)[C@H](CC(C)C)NC(=O)[C@H](CC(C)C)NC(=O)[C@H](C)N)C(=O)N[C@@H](C)C(=O)N[C@@H](Cc1ccc(O)cc1)C(=O)N[C@@H](CCCCN)C(=O)N[C@@H](Cc1ccccc1)C(=O)N[C@H](C(=O)N[C@H](C(=O)N1CCC[C@H]1C(=O)O)C(C)C)C(C)C. The first kappa shape index (κ1) is 92.8.